The number of hydrogen-bond acceptors (Lipinski definition) is 4. The Bertz CT molecular complexity index is 552. The molecule has 1 amide bonds. The summed E-state index contributed by atoms with van der Waals surface area (Å²) in [4.78, 5) is 16.3. The van der Waals surface area contributed by atoms with Gasteiger partial charge in [0.05, 0.1) is 5.56 Å². The third-order valence-electron chi connectivity index (χ3n) is 2.64. The topological polar surface area (TPSA) is 54.0 Å². The highest BCUT2D eigenvalue weighted by Gasteiger charge is 2.12. The number of nitrogens with zero attached hydrogens (tertiary/aromatic N) is 1. The van der Waals surface area contributed by atoms with Gasteiger partial charge in [0.2, 0.25) is 0 Å². The summed E-state index contributed by atoms with van der Waals surface area (Å²) in [6, 6.07) is 5.83. The Kier molecular flexibility index (Phi) is 4.52. The van der Waals surface area contributed by atoms with Crippen LogP contribution in [-0.2, 0) is 0 Å². The van der Waals surface area contributed by atoms with Crippen LogP contribution in [0.1, 0.15) is 29.3 Å². The summed E-state index contributed by atoms with van der Waals surface area (Å²) in [6.07, 6.45) is 2.69. The monoisotopic (exact) mass is 275 g/mol. The van der Waals surface area contributed by atoms with Crippen molar-refractivity contribution in [2.24, 2.45) is 0 Å². The first-order valence-electron chi connectivity index (χ1n) is 6.26. The Morgan fingerprint density at radius 3 is 2.95 bits per heavy atom. The molecule has 0 spiro atoms. The summed E-state index contributed by atoms with van der Waals surface area (Å²) < 4.78 is 0. The van der Waals surface area contributed by atoms with Gasteiger partial charge in [0.25, 0.3) is 5.91 Å². The van der Waals surface area contributed by atoms with E-state index in [1.807, 2.05) is 30.5 Å². The largest absolute Gasteiger partial charge is 0.384 e. The van der Waals surface area contributed by atoms with Crippen LogP contribution in [-0.4, -0.2) is 17.4 Å². The van der Waals surface area contributed by atoms with Crippen molar-refractivity contribution in [3.05, 3.63) is 40.9 Å². The van der Waals surface area contributed by atoms with Crippen molar-refractivity contribution in [2.75, 3.05) is 17.2 Å². The molecule has 0 saturated carbocycles. The lowest BCUT2D eigenvalue weighted by molar-refractivity contribution is 0.102. The molecule has 0 radical (unpaired) electrons. The van der Waals surface area contributed by atoms with E-state index in [4.69, 9.17) is 0 Å². The van der Waals surface area contributed by atoms with Crippen LogP contribution in [0.3, 0.4) is 0 Å². The Morgan fingerprint density at radius 1 is 1.42 bits per heavy atom. The lowest BCUT2D eigenvalue weighted by atomic mass is 10.1. The van der Waals surface area contributed by atoms with Gasteiger partial charge >= 0.3 is 0 Å². The number of aryl methyl sites for hydroxylation is 1. The normalized spacial score (nSPS) is 10.2. The van der Waals surface area contributed by atoms with Crippen molar-refractivity contribution >= 4 is 28.1 Å². The van der Waals surface area contributed by atoms with Crippen molar-refractivity contribution in [1.82, 2.24) is 4.98 Å². The van der Waals surface area contributed by atoms with E-state index in [0.717, 1.165) is 24.2 Å². The van der Waals surface area contributed by atoms with E-state index < -0.39 is 0 Å². The molecule has 19 heavy (non-hydrogen) atoms. The number of carbonyl (C=O) groups excluding carboxylic acids is 1. The molecule has 0 bridgehead atoms. The van der Waals surface area contributed by atoms with E-state index in [9.17, 15) is 4.79 Å². The van der Waals surface area contributed by atoms with Crippen LogP contribution in [0.15, 0.2) is 29.8 Å². The van der Waals surface area contributed by atoms with Crippen molar-refractivity contribution in [1.29, 1.82) is 0 Å². The van der Waals surface area contributed by atoms with E-state index >= 15 is 0 Å². The SMILES string of the molecule is CCCNc1ccc(C)cc1C(=O)Nc1nccs1. The molecular formula is C14H17N3OS. The van der Waals surface area contributed by atoms with Crippen LogP contribution in [0, 0.1) is 6.92 Å². The van der Waals surface area contributed by atoms with Gasteiger partial charge in [-0.2, -0.15) is 0 Å². The predicted molar refractivity (Wildman–Crippen MR) is 80.0 cm³/mol. The summed E-state index contributed by atoms with van der Waals surface area (Å²) >= 11 is 1.41. The molecule has 0 unspecified atom stereocenters. The van der Waals surface area contributed by atoms with Gasteiger partial charge in [-0.1, -0.05) is 18.6 Å². The van der Waals surface area contributed by atoms with Crippen molar-refractivity contribution in [3.8, 4) is 0 Å². The standard InChI is InChI=1S/C14H17N3OS/c1-3-6-15-12-5-4-10(2)9-11(12)13(18)17-14-16-7-8-19-14/h4-5,7-9,15H,3,6H2,1-2H3,(H,16,17,18). The summed E-state index contributed by atoms with van der Waals surface area (Å²) in [7, 11) is 0. The van der Waals surface area contributed by atoms with Crippen LogP contribution in [0.5, 0.6) is 0 Å². The molecule has 0 aliphatic heterocycles. The van der Waals surface area contributed by atoms with E-state index in [0.29, 0.717) is 10.7 Å². The zero-order chi connectivity index (χ0) is 13.7. The molecule has 2 rings (SSSR count). The Morgan fingerprint density at radius 2 is 2.26 bits per heavy atom. The number of aromatic nitrogens is 1. The van der Waals surface area contributed by atoms with Gasteiger partial charge in [0.15, 0.2) is 5.13 Å². The number of benzene rings is 1. The van der Waals surface area contributed by atoms with Crippen molar-refractivity contribution < 1.29 is 4.79 Å². The van der Waals surface area contributed by atoms with Gasteiger partial charge in [-0.3, -0.25) is 10.1 Å². The molecule has 2 aromatic rings. The van der Waals surface area contributed by atoms with E-state index in [1.54, 1.807) is 6.20 Å². The van der Waals surface area contributed by atoms with E-state index in [1.165, 1.54) is 11.3 Å². The van der Waals surface area contributed by atoms with Crippen molar-refractivity contribution in [2.45, 2.75) is 20.3 Å². The summed E-state index contributed by atoms with van der Waals surface area (Å²) in [5.41, 5.74) is 2.58. The molecule has 0 aliphatic carbocycles. The smallest absolute Gasteiger partial charge is 0.259 e. The molecule has 4 nitrogen and oxygen atoms in total. The minimum absolute atomic E-state index is 0.128. The molecule has 100 valence electrons. The highest BCUT2D eigenvalue weighted by atomic mass is 32.1. The number of amides is 1. The molecule has 5 heteroatoms. The number of thiazole rings is 1. The highest BCUT2D eigenvalue weighted by molar-refractivity contribution is 7.13. The van der Waals surface area contributed by atoms with Gasteiger partial charge < -0.3 is 5.32 Å². The number of nitrogens with one attached hydrogen (secondary N) is 2. The van der Waals surface area contributed by atoms with E-state index in [2.05, 4.69) is 22.5 Å². The molecule has 0 saturated heterocycles. The molecule has 1 heterocycles. The second kappa shape index (κ2) is 6.33. The third-order valence-corrected chi connectivity index (χ3v) is 3.33. The van der Waals surface area contributed by atoms with Crippen molar-refractivity contribution in [3.63, 3.8) is 0 Å². The minimum atomic E-state index is -0.128. The lowest BCUT2D eigenvalue weighted by Crippen LogP contribution is -2.15. The highest BCUT2D eigenvalue weighted by Crippen LogP contribution is 2.20. The average molecular weight is 275 g/mol. The predicted octanol–water partition coefficient (Wildman–Crippen LogP) is 3.53. The molecule has 1 aromatic carbocycles. The molecule has 2 N–H and O–H groups in total. The number of hydrogen-bond donors (Lipinski definition) is 2. The fourth-order valence-electron chi connectivity index (χ4n) is 1.71. The molecule has 0 fully saturated rings. The zero-order valence-corrected chi connectivity index (χ0v) is 11.9. The first-order valence-corrected chi connectivity index (χ1v) is 7.14. The first kappa shape index (κ1) is 13.5. The maximum absolute atomic E-state index is 12.3. The Labute approximate surface area is 116 Å². The van der Waals surface area contributed by atoms with Crippen LogP contribution in [0.2, 0.25) is 0 Å². The Balaban J connectivity index is 2.21. The second-order valence-corrected chi connectivity index (χ2v) is 5.16. The maximum atomic E-state index is 12.3. The summed E-state index contributed by atoms with van der Waals surface area (Å²) in [6.45, 7) is 4.92. The van der Waals surface area contributed by atoms with Crippen LogP contribution < -0.4 is 10.6 Å². The van der Waals surface area contributed by atoms with E-state index in [-0.39, 0.29) is 5.91 Å². The summed E-state index contributed by atoms with van der Waals surface area (Å²) in [5.74, 6) is -0.128. The molecule has 0 aliphatic rings. The fourth-order valence-corrected chi connectivity index (χ4v) is 2.23. The van der Waals surface area contributed by atoms with Crippen LogP contribution in [0.4, 0.5) is 10.8 Å². The van der Waals surface area contributed by atoms with Crippen LogP contribution >= 0.6 is 11.3 Å². The third kappa shape index (κ3) is 3.54. The number of carbonyl (C=O) groups is 1. The quantitative estimate of drug-likeness (QED) is 0.877. The van der Waals surface area contributed by atoms with Gasteiger partial charge in [-0.05, 0) is 25.5 Å². The van der Waals surface area contributed by atoms with Gasteiger partial charge in [-0.15, -0.1) is 11.3 Å². The fraction of sp³-hybridized carbons (Fsp3) is 0.286. The summed E-state index contributed by atoms with van der Waals surface area (Å²) in [5, 5.41) is 8.54. The number of anilines is 2. The molecular weight excluding hydrogens is 258 g/mol. The zero-order valence-electron chi connectivity index (χ0n) is 11.1. The first-order chi connectivity index (χ1) is 9.20. The van der Waals surface area contributed by atoms with Gasteiger partial charge in [0.1, 0.15) is 0 Å². The van der Waals surface area contributed by atoms with Gasteiger partial charge in [-0.25, -0.2) is 4.98 Å². The molecule has 0 atom stereocenters. The second-order valence-electron chi connectivity index (χ2n) is 4.27. The van der Waals surface area contributed by atoms with Crippen LogP contribution in [0.25, 0.3) is 0 Å². The maximum Gasteiger partial charge on any atom is 0.259 e. The van der Waals surface area contributed by atoms with Gasteiger partial charge in [0, 0.05) is 23.8 Å². The molecule has 1 aromatic heterocycles. The number of rotatable bonds is 5. The Hall–Kier alpha value is -1.88. The minimum Gasteiger partial charge on any atom is -0.384 e. The average Bonchev–Trinajstić information content (AvgIpc) is 2.90. The lowest BCUT2D eigenvalue weighted by Gasteiger charge is -2.11.